The van der Waals surface area contributed by atoms with Gasteiger partial charge in [0.25, 0.3) is 0 Å². The molecule has 0 spiro atoms. The standard InChI is InChI=1S/C8H13ClO/c9-8-3-1-2-6-4-10-5-7(6)8/h6-8H,1-5H2/t6-,7+,8+/m1/s1. The zero-order valence-corrected chi connectivity index (χ0v) is 6.81. The molecule has 10 heavy (non-hydrogen) atoms. The van der Waals surface area contributed by atoms with Crippen molar-refractivity contribution >= 4 is 11.6 Å². The molecular formula is C8H13ClO. The maximum atomic E-state index is 6.14. The third kappa shape index (κ3) is 1.06. The molecule has 0 bridgehead atoms. The average Bonchev–Trinajstić information content (AvgIpc) is 2.36. The molecule has 0 aromatic heterocycles. The van der Waals surface area contributed by atoms with E-state index in [9.17, 15) is 0 Å². The topological polar surface area (TPSA) is 9.23 Å². The van der Waals surface area contributed by atoms with Gasteiger partial charge in [0, 0.05) is 17.9 Å². The van der Waals surface area contributed by atoms with E-state index in [0.29, 0.717) is 11.3 Å². The lowest BCUT2D eigenvalue weighted by Gasteiger charge is -2.27. The molecule has 0 aromatic carbocycles. The van der Waals surface area contributed by atoms with E-state index in [2.05, 4.69) is 0 Å². The van der Waals surface area contributed by atoms with Gasteiger partial charge < -0.3 is 4.74 Å². The summed E-state index contributed by atoms with van der Waals surface area (Å²) in [5.41, 5.74) is 0. The highest BCUT2D eigenvalue weighted by molar-refractivity contribution is 6.20. The second kappa shape index (κ2) is 2.71. The molecule has 1 heterocycles. The number of rotatable bonds is 0. The van der Waals surface area contributed by atoms with Gasteiger partial charge in [0.2, 0.25) is 0 Å². The first kappa shape index (κ1) is 6.93. The fourth-order valence-electron chi connectivity index (χ4n) is 2.10. The number of hydrogen-bond donors (Lipinski definition) is 0. The van der Waals surface area contributed by atoms with Gasteiger partial charge in [-0.25, -0.2) is 0 Å². The van der Waals surface area contributed by atoms with E-state index in [1.165, 1.54) is 19.3 Å². The van der Waals surface area contributed by atoms with Gasteiger partial charge in [-0.2, -0.15) is 0 Å². The van der Waals surface area contributed by atoms with E-state index >= 15 is 0 Å². The van der Waals surface area contributed by atoms with Crippen molar-refractivity contribution in [2.24, 2.45) is 11.8 Å². The van der Waals surface area contributed by atoms with Crippen LogP contribution in [0.5, 0.6) is 0 Å². The maximum absolute atomic E-state index is 6.14. The Labute approximate surface area is 66.7 Å². The van der Waals surface area contributed by atoms with Crippen LogP contribution < -0.4 is 0 Å². The molecule has 1 aliphatic carbocycles. The monoisotopic (exact) mass is 160 g/mol. The number of hydrogen-bond acceptors (Lipinski definition) is 1. The highest BCUT2D eigenvalue weighted by Gasteiger charge is 2.36. The van der Waals surface area contributed by atoms with Crippen LogP contribution in [-0.2, 0) is 4.74 Å². The molecule has 2 rings (SSSR count). The van der Waals surface area contributed by atoms with Crippen LogP contribution in [0.2, 0.25) is 0 Å². The highest BCUT2D eigenvalue weighted by atomic mass is 35.5. The zero-order valence-electron chi connectivity index (χ0n) is 6.05. The van der Waals surface area contributed by atoms with Crippen LogP contribution in [0.4, 0.5) is 0 Å². The molecule has 2 fully saturated rings. The largest absolute Gasteiger partial charge is 0.381 e. The van der Waals surface area contributed by atoms with Gasteiger partial charge in [0.1, 0.15) is 0 Å². The summed E-state index contributed by atoms with van der Waals surface area (Å²) in [4.78, 5) is 0. The van der Waals surface area contributed by atoms with Gasteiger partial charge in [0.15, 0.2) is 0 Å². The first-order valence-electron chi connectivity index (χ1n) is 4.10. The van der Waals surface area contributed by atoms with Crippen molar-refractivity contribution in [1.82, 2.24) is 0 Å². The van der Waals surface area contributed by atoms with Crippen molar-refractivity contribution in [3.05, 3.63) is 0 Å². The summed E-state index contributed by atoms with van der Waals surface area (Å²) in [6.07, 6.45) is 3.85. The first-order valence-corrected chi connectivity index (χ1v) is 4.53. The molecule has 58 valence electrons. The maximum Gasteiger partial charge on any atom is 0.0512 e. The van der Waals surface area contributed by atoms with Crippen molar-refractivity contribution in [2.45, 2.75) is 24.6 Å². The van der Waals surface area contributed by atoms with Crippen LogP contribution in [0.15, 0.2) is 0 Å². The quantitative estimate of drug-likeness (QED) is 0.493. The van der Waals surface area contributed by atoms with Crippen LogP contribution >= 0.6 is 11.6 Å². The normalized spacial score (nSPS) is 47.1. The molecule has 0 unspecified atom stereocenters. The second-order valence-electron chi connectivity index (χ2n) is 3.41. The molecule has 0 amide bonds. The smallest absolute Gasteiger partial charge is 0.0512 e. The minimum Gasteiger partial charge on any atom is -0.381 e. The third-order valence-electron chi connectivity index (χ3n) is 2.77. The van der Waals surface area contributed by atoms with E-state index in [4.69, 9.17) is 16.3 Å². The zero-order chi connectivity index (χ0) is 6.97. The number of halogens is 1. The van der Waals surface area contributed by atoms with E-state index < -0.39 is 0 Å². The van der Waals surface area contributed by atoms with E-state index in [1.54, 1.807) is 0 Å². The Bertz CT molecular complexity index is 126. The third-order valence-corrected chi connectivity index (χ3v) is 3.31. The van der Waals surface area contributed by atoms with Gasteiger partial charge >= 0.3 is 0 Å². The summed E-state index contributed by atoms with van der Waals surface area (Å²) in [5.74, 6) is 1.46. The van der Waals surface area contributed by atoms with Crippen molar-refractivity contribution < 1.29 is 4.74 Å². The molecule has 1 saturated heterocycles. The molecule has 0 aromatic rings. The molecule has 2 heteroatoms. The number of fused-ring (bicyclic) bond motifs is 1. The summed E-state index contributed by atoms with van der Waals surface area (Å²) in [5, 5.41) is 0.404. The van der Waals surface area contributed by atoms with Gasteiger partial charge in [-0.05, 0) is 18.8 Å². The lowest BCUT2D eigenvalue weighted by atomic mass is 9.81. The average molecular weight is 161 g/mol. The Hall–Kier alpha value is 0.250. The summed E-state index contributed by atoms with van der Waals surface area (Å²) >= 11 is 6.14. The van der Waals surface area contributed by atoms with Crippen LogP contribution in [0.25, 0.3) is 0 Å². The molecular weight excluding hydrogens is 148 g/mol. The molecule has 0 N–H and O–H groups in total. The van der Waals surface area contributed by atoms with Crippen LogP contribution in [0.3, 0.4) is 0 Å². The Morgan fingerprint density at radius 2 is 2.10 bits per heavy atom. The Morgan fingerprint density at radius 1 is 1.20 bits per heavy atom. The summed E-state index contributed by atoms with van der Waals surface area (Å²) in [6.45, 7) is 1.88. The lowest BCUT2D eigenvalue weighted by Crippen LogP contribution is -2.27. The molecule has 3 atom stereocenters. The fraction of sp³-hybridized carbons (Fsp3) is 1.00. The number of alkyl halides is 1. The predicted octanol–water partition coefficient (Wildman–Crippen LogP) is 2.04. The first-order chi connectivity index (χ1) is 4.88. The molecule has 1 saturated carbocycles. The number of ether oxygens (including phenoxy) is 1. The van der Waals surface area contributed by atoms with Gasteiger partial charge in [-0.3, -0.25) is 0 Å². The minimum atomic E-state index is 0.404. The Morgan fingerprint density at radius 3 is 2.90 bits per heavy atom. The Kier molecular flexibility index (Phi) is 1.88. The van der Waals surface area contributed by atoms with Gasteiger partial charge in [-0.15, -0.1) is 11.6 Å². The van der Waals surface area contributed by atoms with E-state index in [1.807, 2.05) is 0 Å². The molecule has 1 aliphatic heterocycles. The van der Waals surface area contributed by atoms with Crippen molar-refractivity contribution in [3.8, 4) is 0 Å². The van der Waals surface area contributed by atoms with Gasteiger partial charge in [0.05, 0.1) is 6.61 Å². The van der Waals surface area contributed by atoms with Crippen LogP contribution in [0, 0.1) is 11.8 Å². The Balaban J connectivity index is 2.03. The van der Waals surface area contributed by atoms with Gasteiger partial charge in [-0.1, -0.05) is 6.42 Å². The molecule has 0 radical (unpaired) electrons. The second-order valence-corrected chi connectivity index (χ2v) is 3.97. The van der Waals surface area contributed by atoms with E-state index in [0.717, 1.165) is 19.1 Å². The lowest BCUT2D eigenvalue weighted by molar-refractivity contribution is 0.181. The SMILES string of the molecule is Cl[C@H]1CCC[C@@H]2COC[C@@H]21. The van der Waals surface area contributed by atoms with Crippen molar-refractivity contribution in [3.63, 3.8) is 0 Å². The molecule has 2 aliphatic rings. The summed E-state index contributed by atoms with van der Waals surface area (Å²) in [6, 6.07) is 0. The summed E-state index contributed by atoms with van der Waals surface area (Å²) in [7, 11) is 0. The van der Waals surface area contributed by atoms with Crippen LogP contribution in [-0.4, -0.2) is 18.6 Å². The van der Waals surface area contributed by atoms with Crippen LogP contribution in [0.1, 0.15) is 19.3 Å². The fourth-order valence-corrected chi connectivity index (χ4v) is 2.53. The predicted molar refractivity (Wildman–Crippen MR) is 41.3 cm³/mol. The van der Waals surface area contributed by atoms with Crippen molar-refractivity contribution in [1.29, 1.82) is 0 Å². The highest BCUT2D eigenvalue weighted by Crippen LogP contribution is 2.37. The van der Waals surface area contributed by atoms with Crippen molar-refractivity contribution in [2.75, 3.05) is 13.2 Å². The molecule has 1 nitrogen and oxygen atoms in total. The van der Waals surface area contributed by atoms with E-state index in [-0.39, 0.29) is 0 Å². The summed E-state index contributed by atoms with van der Waals surface area (Å²) < 4.78 is 5.38. The minimum absolute atomic E-state index is 0.404.